The Hall–Kier alpha value is -3.47. The normalized spacial score (nSPS) is 10.5. The average molecular weight is 377 g/mol. The lowest BCUT2D eigenvalue weighted by atomic mass is 10.1. The van der Waals surface area contributed by atoms with E-state index in [2.05, 4.69) is 21.9 Å². The third kappa shape index (κ3) is 6.08. The lowest BCUT2D eigenvalue weighted by Crippen LogP contribution is -2.17. The van der Waals surface area contributed by atoms with Gasteiger partial charge in [0.05, 0.1) is 11.3 Å². The molecule has 0 saturated heterocycles. The molecule has 140 valence electrons. The molecular formula is C19H14F3NO4. The Morgan fingerprint density at radius 3 is 2.37 bits per heavy atom. The van der Waals surface area contributed by atoms with Crippen LogP contribution in [0.5, 0.6) is 5.75 Å². The van der Waals surface area contributed by atoms with Crippen LogP contribution in [0, 0.1) is 11.8 Å². The van der Waals surface area contributed by atoms with Gasteiger partial charge in [0.15, 0.2) is 0 Å². The zero-order valence-electron chi connectivity index (χ0n) is 14.1. The van der Waals surface area contributed by atoms with Crippen molar-refractivity contribution in [1.82, 2.24) is 0 Å². The predicted octanol–water partition coefficient (Wildman–Crippen LogP) is 4.03. The Balaban J connectivity index is 2.28. The smallest absolute Gasteiger partial charge is 0.478 e. The molecule has 2 aromatic carbocycles. The van der Waals surface area contributed by atoms with Gasteiger partial charge in [0.2, 0.25) is 5.91 Å². The molecule has 0 heterocycles. The van der Waals surface area contributed by atoms with E-state index in [1.807, 2.05) is 0 Å². The summed E-state index contributed by atoms with van der Waals surface area (Å²) in [5.41, 5.74) is 0.583. The molecule has 0 saturated carbocycles. The second-order valence-electron chi connectivity index (χ2n) is 5.29. The number of hydrogen-bond donors (Lipinski definition) is 2. The molecule has 5 nitrogen and oxygen atoms in total. The number of rotatable bonds is 4. The molecule has 27 heavy (non-hydrogen) atoms. The second-order valence-corrected chi connectivity index (χ2v) is 5.29. The molecule has 0 aromatic heterocycles. The van der Waals surface area contributed by atoms with Crippen molar-refractivity contribution in [3.8, 4) is 17.6 Å². The van der Waals surface area contributed by atoms with Crippen molar-refractivity contribution in [3.05, 3.63) is 59.2 Å². The van der Waals surface area contributed by atoms with E-state index in [9.17, 15) is 27.9 Å². The largest absolute Gasteiger partial charge is 0.573 e. The number of anilines is 1. The minimum Gasteiger partial charge on any atom is -0.478 e. The van der Waals surface area contributed by atoms with Crippen LogP contribution in [0.1, 0.15) is 34.8 Å². The fourth-order valence-corrected chi connectivity index (χ4v) is 2.06. The van der Waals surface area contributed by atoms with Gasteiger partial charge in [0, 0.05) is 17.5 Å². The van der Waals surface area contributed by atoms with Crippen molar-refractivity contribution >= 4 is 17.6 Å². The average Bonchev–Trinajstić information content (AvgIpc) is 2.59. The predicted molar refractivity (Wildman–Crippen MR) is 91.4 cm³/mol. The number of carbonyl (C=O) groups excluding carboxylic acids is 1. The van der Waals surface area contributed by atoms with Gasteiger partial charge in [-0.15, -0.1) is 13.2 Å². The van der Waals surface area contributed by atoms with Crippen molar-refractivity contribution in [1.29, 1.82) is 0 Å². The molecule has 1 amide bonds. The number of halogens is 3. The summed E-state index contributed by atoms with van der Waals surface area (Å²) >= 11 is 0. The third-order valence-corrected chi connectivity index (χ3v) is 3.26. The number of alkyl halides is 3. The summed E-state index contributed by atoms with van der Waals surface area (Å²) in [6.45, 7) is 1.63. The molecule has 8 heteroatoms. The van der Waals surface area contributed by atoms with Gasteiger partial charge < -0.3 is 15.2 Å². The van der Waals surface area contributed by atoms with Crippen molar-refractivity contribution in [2.75, 3.05) is 5.32 Å². The molecule has 2 aromatic rings. The molecule has 0 unspecified atom stereocenters. The summed E-state index contributed by atoms with van der Waals surface area (Å²) in [6.07, 6.45) is -4.61. The van der Waals surface area contributed by atoms with E-state index in [1.165, 1.54) is 30.3 Å². The van der Waals surface area contributed by atoms with E-state index in [-0.39, 0.29) is 29.1 Å². The van der Waals surface area contributed by atoms with E-state index in [0.29, 0.717) is 5.56 Å². The number of carbonyl (C=O) groups is 2. The van der Waals surface area contributed by atoms with Crippen LogP contribution < -0.4 is 10.1 Å². The molecule has 0 radical (unpaired) electrons. The summed E-state index contributed by atoms with van der Waals surface area (Å²) in [5, 5.41) is 11.8. The van der Waals surface area contributed by atoms with Gasteiger partial charge in [-0.2, -0.15) is 0 Å². The van der Waals surface area contributed by atoms with Crippen molar-refractivity contribution in [3.63, 3.8) is 0 Å². The Morgan fingerprint density at radius 2 is 1.78 bits per heavy atom. The summed E-state index contributed by atoms with van der Waals surface area (Å²) in [6, 6.07) is 9.30. The van der Waals surface area contributed by atoms with E-state index in [4.69, 9.17) is 0 Å². The fourth-order valence-electron chi connectivity index (χ4n) is 2.06. The zero-order chi connectivity index (χ0) is 20.0. The molecule has 2 N–H and O–H groups in total. The number of carboxylic acids is 1. The highest BCUT2D eigenvalue weighted by molar-refractivity contribution is 6.00. The molecule has 0 aliphatic rings. The van der Waals surface area contributed by atoms with E-state index in [1.54, 1.807) is 6.92 Å². The maximum absolute atomic E-state index is 12.3. The first kappa shape index (κ1) is 19.8. The van der Waals surface area contributed by atoms with Gasteiger partial charge in [-0.1, -0.05) is 24.8 Å². The van der Waals surface area contributed by atoms with E-state index >= 15 is 0 Å². The first-order valence-electron chi connectivity index (χ1n) is 7.73. The maximum atomic E-state index is 12.3. The Kier molecular flexibility index (Phi) is 6.08. The van der Waals surface area contributed by atoms with Crippen molar-refractivity contribution < 1.29 is 32.6 Å². The minimum atomic E-state index is -4.80. The number of nitrogens with one attached hydrogen (secondary N) is 1. The molecule has 0 spiro atoms. The highest BCUT2D eigenvalue weighted by Crippen LogP contribution is 2.23. The SMILES string of the molecule is CCC(=O)Nc1ccc(C#Cc2cccc(OC(F)(F)F)c2)cc1C(=O)O. The fraction of sp³-hybridized carbons (Fsp3) is 0.158. The van der Waals surface area contributed by atoms with Gasteiger partial charge in [0.25, 0.3) is 0 Å². The Morgan fingerprint density at radius 1 is 1.11 bits per heavy atom. The molecule has 0 bridgehead atoms. The van der Waals surface area contributed by atoms with Gasteiger partial charge in [-0.25, -0.2) is 4.79 Å². The number of amides is 1. The van der Waals surface area contributed by atoms with Gasteiger partial charge in [0.1, 0.15) is 5.75 Å². The van der Waals surface area contributed by atoms with Crippen LogP contribution in [-0.4, -0.2) is 23.3 Å². The van der Waals surface area contributed by atoms with E-state index in [0.717, 1.165) is 12.1 Å². The molecule has 0 aliphatic heterocycles. The van der Waals surface area contributed by atoms with Crippen LogP contribution in [0.3, 0.4) is 0 Å². The quantitative estimate of drug-likeness (QED) is 0.789. The highest BCUT2D eigenvalue weighted by atomic mass is 19.4. The third-order valence-electron chi connectivity index (χ3n) is 3.26. The van der Waals surface area contributed by atoms with Crippen LogP contribution in [-0.2, 0) is 4.79 Å². The van der Waals surface area contributed by atoms with Crippen LogP contribution in [0.15, 0.2) is 42.5 Å². The summed E-state index contributed by atoms with van der Waals surface area (Å²) in [7, 11) is 0. The van der Waals surface area contributed by atoms with Crippen LogP contribution in [0.4, 0.5) is 18.9 Å². The first-order chi connectivity index (χ1) is 12.7. The van der Waals surface area contributed by atoms with Crippen molar-refractivity contribution in [2.45, 2.75) is 19.7 Å². The second kappa shape index (κ2) is 8.27. The minimum absolute atomic E-state index is 0.139. The molecular weight excluding hydrogens is 363 g/mol. The monoisotopic (exact) mass is 377 g/mol. The Bertz CT molecular complexity index is 927. The summed E-state index contributed by atoms with van der Waals surface area (Å²) < 4.78 is 40.6. The first-order valence-corrected chi connectivity index (χ1v) is 7.73. The Labute approximate surface area is 152 Å². The number of ether oxygens (including phenoxy) is 1. The van der Waals surface area contributed by atoms with Crippen molar-refractivity contribution in [2.24, 2.45) is 0 Å². The molecule has 2 rings (SSSR count). The van der Waals surface area contributed by atoms with Crippen LogP contribution in [0.25, 0.3) is 0 Å². The van der Waals surface area contributed by atoms with Gasteiger partial charge >= 0.3 is 12.3 Å². The topological polar surface area (TPSA) is 75.6 Å². The van der Waals surface area contributed by atoms with Crippen LogP contribution in [0.2, 0.25) is 0 Å². The standard InChI is InChI=1S/C19H14F3NO4/c1-2-17(24)23-16-9-8-13(11-15(16)18(25)26)7-6-12-4-3-5-14(10-12)27-19(20,21)22/h3-5,8-11H,2H2,1H3,(H,23,24)(H,25,26). The molecule has 0 aliphatic carbocycles. The number of carboxylic acid groups (broad SMARTS) is 1. The van der Waals surface area contributed by atoms with E-state index < -0.39 is 18.1 Å². The molecule has 0 fully saturated rings. The molecule has 0 atom stereocenters. The maximum Gasteiger partial charge on any atom is 0.573 e. The number of aromatic carboxylic acids is 1. The lowest BCUT2D eigenvalue weighted by molar-refractivity contribution is -0.274. The zero-order valence-corrected chi connectivity index (χ0v) is 14.1. The lowest BCUT2D eigenvalue weighted by Gasteiger charge is -2.08. The summed E-state index contributed by atoms with van der Waals surface area (Å²) in [5.74, 6) is 3.34. The van der Waals surface area contributed by atoms with Gasteiger partial charge in [-0.3, -0.25) is 4.79 Å². The number of benzene rings is 2. The van der Waals surface area contributed by atoms with Crippen LogP contribution >= 0.6 is 0 Å². The van der Waals surface area contributed by atoms with Gasteiger partial charge in [-0.05, 0) is 36.4 Å². The highest BCUT2D eigenvalue weighted by Gasteiger charge is 2.31. The summed E-state index contributed by atoms with van der Waals surface area (Å²) in [4.78, 5) is 22.8. The number of hydrogen-bond acceptors (Lipinski definition) is 3.